The summed E-state index contributed by atoms with van der Waals surface area (Å²) >= 11 is 12.8. The van der Waals surface area contributed by atoms with Gasteiger partial charge in [-0.15, -0.1) is 0 Å². The number of hydrogen-bond donors (Lipinski definition) is 0. The first-order valence-electron chi connectivity index (χ1n) is 28.4. The van der Waals surface area contributed by atoms with Crippen LogP contribution in [0.25, 0.3) is 0 Å². The molecule has 10 aromatic heterocycles. The third-order valence-corrected chi connectivity index (χ3v) is 12.7. The van der Waals surface area contributed by atoms with Gasteiger partial charge in [-0.05, 0) is 40.2 Å². The largest absolute Gasteiger partial charge is 0.422 e. The number of nitrogens with zero attached hydrogens (tertiary/aromatic N) is 10. The monoisotopic (exact) mass is 3950 g/mol. The fraction of sp³-hybridized carbons (Fsp3) is 0.143. The van der Waals surface area contributed by atoms with Crippen molar-refractivity contribution < 1.29 is 448 Å². The molecule has 10 radical (unpaired) electrons. The van der Waals surface area contributed by atoms with Crippen molar-refractivity contribution in [2.75, 3.05) is 0 Å². The first kappa shape index (κ1) is 188. The van der Waals surface area contributed by atoms with Crippen molar-refractivity contribution in [3.8, 4) is 0 Å². The van der Waals surface area contributed by atoms with Gasteiger partial charge in [0.2, 0.25) is 41.6 Å². The van der Waals surface area contributed by atoms with E-state index in [-0.39, 0.29) is 352 Å². The first-order valence-corrected chi connectivity index (χ1v) is 29.9. The molecule has 0 bridgehead atoms. The van der Waals surface area contributed by atoms with Crippen LogP contribution in [-0.2, 0) is 286 Å². The number of aromatic nitrogens is 10. The van der Waals surface area contributed by atoms with Crippen molar-refractivity contribution in [3.63, 3.8) is 0 Å². The number of alkyl halides is 30. The number of rotatable bonds is 0. The summed E-state index contributed by atoms with van der Waals surface area (Å²) in [4.78, 5) is 26.8. The molecule has 10 heterocycles. The van der Waals surface area contributed by atoms with Crippen LogP contribution in [0.4, 0.5) is 224 Å². The van der Waals surface area contributed by atoms with E-state index in [0.29, 0.717) is 42.9 Å². The molecule has 0 saturated heterocycles. The molecule has 0 fully saturated rings. The molecule has 10 rings (SSSR count). The van der Waals surface area contributed by atoms with Crippen molar-refractivity contribution >= 4 is 39.1 Å². The van der Waals surface area contributed by atoms with Gasteiger partial charge in [-0.2, -0.15) is 181 Å². The third kappa shape index (κ3) is 63.8. The average Bonchev–Trinajstić information content (AvgIpc) is 0.804. The summed E-state index contributed by atoms with van der Waals surface area (Å²) in [5.41, 5.74) is -17.1. The Hall–Kier alpha value is -3.61. The van der Waals surface area contributed by atoms with Crippen molar-refractivity contribution in [3.05, 3.63) is 366 Å². The van der Waals surface area contributed by atoms with Crippen LogP contribution in [0.15, 0.2) is 103 Å². The summed E-state index contributed by atoms with van der Waals surface area (Å²) < 4.78 is 612. The molecule has 144 heavy (non-hydrogen) atoms. The van der Waals surface area contributed by atoms with Crippen molar-refractivity contribution in [1.82, 2.24) is 49.8 Å². The van der Waals surface area contributed by atoms with Crippen LogP contribution in [0.2, 0.25) is 10.3 Å². The maximum Gasteiger partial charge on any atom is 0.422 e. The Bertz CT molecular complexity index is 4940. The van der Waals surface area contributed by atoms with E-state index >= 15 is 0 Å². The zero-order chi connectivity index (χ0) is 97.0. The molecule has 0 spiro atoms. The fourth-order valence-corrected chi connectivity index (χ4v) is 6.92. The molecule has 74 heteroatoms. The van der Waals surface area contributed by atoms with Crippen LogP contribution in [-0.4, -0.2) is 49.8 Å². The van der Waals surface area contributed by atoms with Crippen LogP contribution in [0, 0.1) is 198 Å². The van der Waals surface area contributed by atoms with E-state index in [1.807, 2.05) is 0 Å². The van der Waals surface area contributed by atoms with E-state index in [4.69, 9.17) is 23.2 Å². The summed E-state index contributed by atoms with van der Waals surface area (Å²) in [6.07, 6.45) is -46.6. The van der Waals surface area contributed by atoms with E-state index in [1.54, 1.807) is 0 Å². The van der Waals surface area contributed by atoms with Crippen LogP contribution in [0.5, 0.6) is 0 Å². The summed E-state index contributed by atoms with van der Waals surface area (Å²) in [5, 5.41) is -1.34. The fourth-order valence-electron chi connectivity index (χ4n) is 6.44. The van der Waals surface area contributed by atoms with E-state index in [1.165, 1.54) is 0 Å². The number of halogens is 54. The number of hydrogen-bond acceptors (Lipinski definition) is 10. The minimum Gasteiger partial charge on any atom is -0.358 e. The average molecular weight is 3960 g/mol. The van der Waals surface area contributed by atoms with Crippen LogP contribution in [0.3, 0.4) is 0 Å². The van der Waals surface area contributed by atoms with Gasteiger partial charge in [-0.1, -0.05) is 23.2 Å². The van der Waals surface area contributed by atoms with E-state index in [9.17, 15) is 224 Å². The van der Waals surface area contributed by atoms with Gasteiger partial charge in [0.05, 0.1) is 58.2 Å². The van der Waals surface area contributed by atoms with Gasteiger partial charge in [0.1, 0.15) is 26.9 Å². The SMILES string of the molecule is Fc1c(C(F)(F)F)ccnc1Cl.Fc1cc(C(F)(F)F)c(F)c(F)n1.Fc1cc(C(F)(F)F)c(F)c(F)n1.Fc1cc(C(F)(F)F)c(F)cn1.Fc1cc(C(F)(F)F)c(F)cn1.Fc1cc(C(F)(F)F)cnc1Br.Fc1cc(C(F)(F)F)cnc1Cl.Fc1cnc(F)c(F)c1C(F)(F)F.Fc1cnc(F)c(F)c1C(F)(F)F.Fc1nccc(C(F)(F)F)c1F.[CH3-].[CH3-].[CH3-].[CH3-].[CH3-].[CH3-].[CH3-].[CH3-].[CH3-].[CH3-].[Ta].[Ta].[Ta].[Ta].[Ta].[Ta].[Ta].[Ta].[Ta].[Ta]. The van der Waals surface area contributed by atoms with Gasteiger partial charge >= 0.3 is 61.8 Å². The second-order valence-corrected chi connectivity index (χ2v) is 21.7. The topological polar surface area (TPSA) is 129 Å². The Labute approximate surface area is 955 Å². The van der Waals surface area contributed by atoms with Gasteiger partial charge in [0.15, 0.2) is 80.1 Å². The summed E-state index contributed by atoms with van der Waals surface area (Å²) in [6.45, 7) is 0. The molecule has 0 aliphatic heterocycles. The maximum absolute atomic E-state index is 12.6. The van der Waals surface area contributed by atoms with Gasteiger partial charge in [-0.25, -0.2) is 92.6 Å². The zero-order valence-corrected chi connectivity index (χ0v) is 106. The second kappa shape index (κ2) is 78.5. The molecule has 0 atom stereocenters. The second-order valence-electron chi connectivity index (χ2n) is 20.2. The Morgan fingerprint density at radius 2 is 0.444 bits per heavy atom. The summed E-state index contributed by atoms with van der Waals surface area (Å²) in [6, 6.07) is 1.19. The molecule has 0 N–H and O–H groups in total. The van der Waals surface area contributed by atoms with Crippen molar-refractivity contribution in [2.24, 2.45) is 0 Å². The Balaban J connectivity index is -0.0000000649. The normalized spacial score (nSPS) is 10.2. The molecule has 0 unspecified atom stereocenters. The molecule has 0 amide bonds. The number of pyridine rings is 10. The minimum atomic E-state index is -5.27. The smallest absolute Gasteiger partial charge is 0.358 e. The molecule has 0 aliphatic carbocycles. The van der Waals surface area contributed by atoms with Crippen LogP contribution < -0.4 is 0 Å². The minimum absolute atomic E-state index is 0. The van der Waals surface area contributed by atoms with Gasteiger partial charge in [-0.3, -0.25) is 0 Å². The molecule has 0 aromatic carbocycles. The van der Waals surface area contributed by atoms with E-state index < -0.39 is 251 Å². The van der Waals surface area contributed by atoms with Crippen LogP contribution >= 0.6 is 39.1 Å². The Morgan fingerprint density at radius 3 is 0.681 bits per heavy atom. The Morgan fingerprint density at radius 1 is 0.201 bits per heavy atom. The van der Waals surface area contributed by atoms with Crippen molar-refractivity contribution in [1.29, 1.82) is 0 Å². The van der Waals surface area contributed by atoms with Crippen molar-refractivity contribution in [2.45, 2.75) is 61.8 Å². The molecule has 10 nitrogen and oxygen atoms in total. The first-order chi connectivity index (χ1) is 55.8. The van der Waals surface area contributed by atoms with Gasteiger partial charge in [0, 0.05) is 273 Å². The van der Waals surface area contributed by atoms with E-state index in [0.717, 1.165) is 6.20 Å². The molecule has 814 valence electrons. The predicted octanol–water partition coefficient (Wildman–Crippen LogP) is 30.5. The molecular weight excluding hydrogens is 3910 g/mol. The predicted molar refractivity (Wildman–Crippen MR) is 373 cm³/mol. The van der Waals surface area contributed by atoms with Gasteiger partial charge < -0.3 is 74.3 Å². The molecular formula is C70H46BrCl2F51N10Ta10-10. The molecule has 0 saturated carbocycles. The third-order valence-electron chi connectivity index (χ3n) is 11.6. The van der Waals surface area contributed by atoms with E-state index in [2.05, 4.69) is 65.8 Å². The molecule has 0 aliphatic rings. The zero-order valence-electron chi connectivity index (χ0n) is 70.6. The molecule has 10 aromatic rings. The summed E-state index contributed by atoms with van der Waals surface area (Å²) in [5.74, 6) is -37.8. The maximum atomic E-state index is 12.6. The standard InChI is InChI=1S/C6H2BrF4N.2C6H2ClF4N.4C6HF6N.3C6H2F5N.10CH3.10Ta/c2*7-5-4(8)1-3(2-12-5)6(9,10)11;7-5-4(8)3(1-2-12-5)6(9,10)11;2*7-2-1-13-5(9)4(8)3(2)6(10,11)12;2*7-3-1-2(6(10,11)12)4(8)5(9)13-3;2*7-4-2-12-5(8)1-3(4)6(9,10)11;7-4-3(6(9,10)11)1-2-12-5(4)8;;;;;;;;;;;;;;;;;;;;/h3*1-2H;4*1H;3*1-2H;10*1H3;;;;;;;;;;/q;;;;;;;;;;10*-1;;;;;;;;;;. The van der Waals surface area contributed by atoms with Crippen LogP contribution in [0.1, 0.15) is 55.6 Å². The Kier molecular flexibility index (Phi) is 103. The quantitative estimate of drug-likeness (QED) is 0.0822. The van der Waals surface area contributed by atoms with Gasteiger partial charge in [0.25, 0.3) is 11.9 Å². The summed E-state index contributed by atoms with van der Waals surface area (Å²) in [7, 11) is 0.